The van der Waals surface area contributed by atoms with E-state index in [1.165, 1.54) is 5.56 Å². The lowest BCUT2D eigenvalue weighted by molar-refractivity contribution is 1.01. The first-order valence-electron chi connectivity index (χ1n) is 4.90. The van der Waals surface area contributed by atoms with Gasteiger partial charge in [0.05, 0.1) is 18.4 Å². The van der Waals surface area contributed by atoms with Gasteiger partial charge in [0.15, 0.2) is 0 Å². The number of rotatable bonds is 3. The molecule has 0 aliphatic rings. The predicted molar refractivity (Wildman–Crippen MR) is 60.5 cm³/mol. The quantitative estimate of drug-likeness (QED) is 0.824. The summed E-state index contributed by atoms with van der Waals surface area (Å²) < 4.78 is 0. The summed E-state index contributed by atoms with van der Waals surface area (Å²) in [6.07, 6.45) is 5.15. The van der Waals surface area contributed by atoms with E-state index >= 15 is 0 Å². The van der Waals surface area contributed by atoms with Crippen LogP contribution in [0.5, 0.6) is 0 Å². The van der Waals surface area contributed by atoms with Crippen LogP contribution in [0.1, 0.15) is 11.3 Å². The summed E-state index contributed by atoms with van der Waals surface area (Å²) in [5.74, 6) is 0. The Balaban J connectivity index is 1.99. The zero-order valence-electron chi connectivity index (χ0n) is 8.64. The Labute approximate surface area is 89.2 Å². The highest BCUT2D eigenvalue weighted by atomic mass is 14.9. The van der Waals surface area contributed by atoms with Gasteiger partial charge in [-0.2, -0.15) is 0 Å². The van der Waals surface area contributed by atoms with E-state index in [0.717, 1.165) is 11.4 Å². The van der Waals surface area contributed by atoms with E-state index in [2.05, 4.69) is 34.3 Å². The largest absolute Gasteiger partial charge is 0.379 e. The molecular formula is C12H13N3. The van der Waals surface area contributed by atoms with Crippen molar-refractivity contribution in [1.82, 2.24) is 9.97 Å². The lowest BCUT2D eigenvalue weighted by Crippen LogP contribution is -2.01. The number of hydrogen-bond acceptors (Lipinski definition) is 3. The first-order chi connectivity index (χ1) is 7.34. The van der Waals surface area contributed by atoms with E-state index in [0.29, 0.717) is 6.54 Å². The van der Waals surface area contributed by atoms with Crippen LogP contribution in [-0.2, 0) is 6.54 Å². The van der Waals surface area contributed by atoms with Crippen LogP contribution in [0.2, 0.25) is 0 Å². The van der Waals surface area contributed by atoms with Crippen LogP contribution < -0.4 is 5.32 Å². The Morgan fingerprint density at radius 2 is 2.20 bits per heavy atom. The van der Waals surface area contributed by atoms with Crippen LogP contribution >= 0.6 is 0 Å². The topological polar surface area (TPSA) is 37.8 Å². The van der Waals surface area contributed by atoms with Crippen LogP contribution in [0.4, 0.5) is 5.69 Å². The molecule has 1 aromatic carbocycles. The van der Waals surface area contributed by atoms with E-state index in [-0.39, 0.29) is 0 Å². The third-order valence-electron chi connectivity index (χ3n) is 2.11. The van der Waals surface area contributed by atoms with E-state index < -0.39 is 0 Å². The lowest BCUT2D eigenvalue weighted by Gasteiger charge is -2.05. The third kappa shape index (κ3) is 2.77. The van der Waals surface area contributed by atoms with Crippen molar-refractivity contribution >= 4 is 5.69 Å². The van der Waals surface area contributed by atoms with Crippen molar-refractivity contribution in [2.45, 2.75) is 13.5 Å². The van der Waals surface area contributed by atoms with Crippen molar-refractivity contribution in [3.8, 4) is 0 Å². The minimum Gasteiger partial charge on any atom is -0.379 e. The van der Waals surface area contributed by atoms with Crippen LogP contribution in [0.15, 0.2) is 42.9 Å². The second-order valence-corrected chi connectivity index (χ2v) is 3.42. The van der Waals surface area contributed by atoms with Crippen molar-refractivity contribution in [2.75, 3.05) is 5.32 Å². The van der Waals surface area contributed by atoms with Gasteiger partial charge in [-0.25, -0.2) is 0 Å². The first kappa shape index (κ1) is 9.65. The molecule has 0 unspecified atom stereocenters. The minimum atomic E-state index is 0.706. The van der Waals surface area contributed by atoms with E-state index in [1.807, 2.05) is 12.1 Å². The summed E-state index contributed by atoms with van der Waals surface area (Å²) in [6, 6.07) is 8.27. The van der Waals surface area contributed by atoms with Gasteiger partial charge in [0.2, 0.25) is 0 Å². The van der Waals surface area contributed by atoms with Gasteiger partial charge < -0.3 is 5.32 Å². The van der Waals surface area contributed by atoms with Crippen LogP contribution in [0, 0.1) is 6.92 Å². The number of nitrogens with one attached hydrogen (secondary N) is 1. The summed E-state index contributed by atoms with van der Waals surface area (Å²) in [5.41, 5.74) is 3.30. The molecule has 2 aromatic rings. The zero-order valence-corrected chi connectivity index (χ0v) is 8.64. The highest BCUT2D eigenvalue weighted by Gasteiger charge is 1.94. The summed E-state index contributed by atoms with van der Waals surface area (Å²) >= 11 is 0. The van der Waals surface area contributed by atoms with Crippen molar-refractivity contribution in [3.05, 3.63) is 54.1 Å². The Kier molecular flexibility index (Phi) is 2.93. The monoisotopic (exact) mass is 199 g/mol. The molecule has 76 valence electrons. The Morgan fingerprint density at radius 1 is 1.27 bits per heavy atom. The Morgan fingerprint density at radius 3 is 2.93 bits per heavy atom. The molecule has 2 rings (SSSR count). The number of nitrogens with zero attached hydrogens (tertiary/aromatic N) is 2. The van der Waals surface area contributed by atoms with Crippen LogP contribution in [-0.4, -0.2) is 9.97 Å². The maximum atomic E-state index is 4.19. The fraction of sp³-hybridized carbons (Fsp3) is 0.167. The molecule has 0 aliphatic heterocycles. The SMILES string of the molecule is Cc1cccc(NCc2cnccn2)c1. The third-order valence-corrected chi connectivity index (χ3v) is 2.11. The molecule has 0 fully saturated rings. The van der Waals surface area contributed by atoms with E-state index in [4.69, 9.17) is 0 Å². The molecule has 0 atom stereocenters. The maximum absolute atomic E-state index is 4.19. The molecule has 0 radical (unpaired) electrons. The summed E-state index contributed by atoms with van der Waals surface area (Å²) in [7, 11) is 0. The standard InChI is InChI=1S/C12H13N3/c1-10-3-2-4-11(7-10)15-9-12-8-13-5-6-14-12/h2-8,15H,9H2,1H3. The molecule has 15 heavy (non-hydrogen) atoms. The van der Waals surface area contributed by atoms with Gasteiger partial charge in [0, 0.05) is 18.1 Å². The molecule has 1 N–H and O–H groups in total. The molecule has 0 aliphatic carbocycles. The zero-order chi connectivity index (χ0) is 10.5. The highest BCUT2D eigenvalue weighted by molar-refractivity contribution is 5.45. The van der Waals surface area contributed by atoms with Gasteiger partial charge in [-0.1, -0.05) is 12.1 Å². The second-order valence-electron chi connectivity index (χ2n) is 3.42. The maximum Gasteiger partial charge on any atom is 0.0777 e. The highest BCUT2D eigenvalue weighted by Crippen LogP contribution is 2.10. The van der Waals surface area contributed by atoms with Crippen molar-refractivity contribution in [2.24, 2.45) is 0 Å². The Hall–Kier alpha value is -1.90. The van der Waals surface area contributed by atoms with Crippen molar-refractivity contribution < 1.29 is 0 Å². The summed E-state index contributed by atoms with van der Waals surface area (Å²) in [4.78, 5) is 8.20. The number of hydrogen-bond donors (Lipinski definition) is 1. The van der Waals surface area contributed by atoms with E-state index in [1.54, 1.807) is 18.6 Å². The van der Waals surface area contributed by atoms with Gasteiger partial charge in [-0.15, -0.1) is 0 Å². The summed E-state index contributed by atoms with van der Waals surface area (Å²) in [5, 5.41) is 3.30. The molecule has 0 spiro atoms. The smallest absolute Gasteiger partial charge is 0.0777 e. The Bertz CT molecular complexity index is 426. The molecule has 0 bridgehead atoms. The lowest BCUT2D eigenvalue weighted by atomic mass is 10.2. The van der Waals surface area contributed by atoms with Gasteiger partial charge in [-0.05, 0) is 24.6 Å². The summed E-state index contributed by atoms with van der Waals surface area (Å²) in [6.45, 7) is 2.78. The molecule has 0 saturated carbocycles. The average molecular weight is 199 g/mol. The van der Waals surface area contributed by atoms with Crippen LogP contribution in [0.25, 0.3) is 0 Å². The number of aromatic nitrogens is 2. The van der Waals surface area contributed by atoms with Crippen molar-refractivity contribution in [1.29, 1.82) is 0 Å². The molecule has 0 amide bonds. The number of aryl methyl sites for hydroxylation is 1. The number of anilines is 1. The first-order valence-corrected chi connectivity index (χ1v) is 4.90. The fourth-order valence-electron chi connectivity index (χ4n) is 1.37. The second kappa shape index (κ2) is 4.55. The predicted octanol–water partition coefficient (Wildman–Crippen LogP) is 2.40. The molecule has 3 nitrogen and oxygen atoms in total. The van der Waals surface area contributed by atoms with Crippen LogP contribution in [0.3, 0.4) is 0 Å². The average Bonchev–Trinajstić information content (AvgIpc) is 2.28. The molecule has 0 saturated heterocycles. The molecule has 1 heterocycles. The minimum absolute atomic E-state index is 0.706. The van der Waals surface area contributed by atoms with Gasteiger partial charge in [0.1, 0.15) is 0 Å². The van der Waals surface area contributed by atoms with Crippen molar-refractivity contribution in [3.63, 3.8) is 0 Å². The van der Waals surface area contributed by atoms with Gasteiger partial charge in [-0.3, -0.25) is 9.97 Å². The molecular weight excluding hydrogens is 186 g/mol. The molecule has 3 heteroatoms. The number of benzene rings is 1. The molecule has 1 aromatic heterocycles. The van der Waals surface area contributed by atoms with E-state index in [9.17, 15) is 0 Å². The fourth-order valence-corrected chi connectivity index (χ4v) is 1.37. The van der Waals surface area contributed by atoms with Gasteiger partial charge >= 0.3 is 0 Å². The van der Waals surface area contributed by atoms with Gasteiger partial charge in [0.25, 0.3) is 0 Å². The normalized spacial score (nSPS) is 9.93.